The summed E-state index contributed by atoms with van der Waals surface area (Å²) in [5, 5.41) is 13.6. The van der Waals surface area contributed by atoms with E-state index in [1.54, 1.807) is 59.3 Å². The average Bonchev–Trinajstić information content (AvgIpc) is 3.20. The van der Waals surface area contributed by atoms with Crippen LogP contribution in [0.2, 0.25) is 5.02 Å². The minimum atomic E-state index is -0.630. The second-order valence-electron chi connectivity index (χ2n) is 6.49. The molecule has 0 bridgehead atoms. The van der Waals surface area contributed by atoms with Crippen LogP contribution in [-0.4, -0.2) is 26.4 Å². The monoisotopic (exact) mass is 452 g/mol. The number of hydrogen-bond acceptors (Lipinski definition) is 5. The van der Waals surface area contributed by atoms with Crippen molar-refractivity contribution >= 4 is 58.2 Å². The van der Waals surface area contributed by atoms with Crippen molar-refractivity contribution in [3.8, 4) is 5.69 Å². The number of nitro benzene ring substituents is 1. The number of aromatic nitrogens is 1. The van der Waals surface area contributed by atoms with Gasteiger partial charge in [-0.25, -0.2) is 0 Å². The number of carbonyl (C=O) groups is 2. The largest absolute Gasteiger partial charge is 0.317 e. The van der Waals surface area contributed by atoms with E-state index < -0.39 is 16.7 Å². The van der Waals surface area contributed by atoms with Crippen molar-refractivity contribution in [1.82, 2.24) is 9.88 Å². The Hall–Kier alpha value is -3.82. The highest BCUT2D eigenvalue weighted by atomic mass is 35.5. The topological polar surface area (TPSA) is 97.5 Å². The van der Waals surface area contributed by atoms with Gasteiger partial charge in [-0.15, -0.1) is 0 Å². The zero-order valence-electron chi connectivity index (χ0n) is 15.7. The number of nitro groups is 1. The van der Waals surface area contributed by atoms with Crippen LogP contribution in [0.25, 0.3) is 11.8 Å². The third kappa shape index (κ3) is 3.83. The molecule has 31 heavy (non-hydrogen) atoms. The van der Waals surface area contributed by atoms with Crippen molar-refractivity contribution in [2.45, 2.75) is 0 Å². The Bertz CT molecular complexity index is 1270. The summed E-state index contributed by atoms with van der Waals surface area (Å²) in [6.07, 6.45) is 3.15. The molecule has 0 saturated carbocycles. The number of amides is 2. The van der Waals surface area contributed by atoms with Crippen LogP contribution in [0.1, 0.15) is 5.69 Å². The van der Waals surface area contributed by atoms with Crippen LogP contribution < -0.4 is 10.2 Å². The number of nitrogens with zero attached hydrogens (tertiary/aromatic N) is 3. The van der Waals surface area contributed by atoms with Gasteiger partial charge >= 0.3 is 0 Å². The average molecular weight is 453 g/mol. The SMILES string of the molecule is O=C1NC(=S)N(c2ccccc2Cl)C(=O)/C1=C/c1cccn1-c1ccc([N+](=O)[O-])cc1. The summed E-state index contributed by atoms with van der Waals surface area (Å²) in [6.45, 7) is 0. The summed E-state index contributed by atoms with van der Waals surface area (Å²) in [7, 11) is 0. The number of rotatable bonds is 4. The first-order chi connectivity index (χ1) is 14.9. The van der Waals surface area contributed by atoms with E-state index in [4.69, 9.17) is 23.8 Å². The minimum absolute atomic E-state index is 0.0402. The molecule has 0 atom stereocenters. The standard InChI is InChI=1S/C21H13ClN4O4S/c22-17-5-1-2-6-18(17)25-20(28)16(19(27)23-21(25)31)12-15-4-3-11-24(15)13-7-9-14(10-8-13)26(29)30/h1-12H,(H,23,27,31)/b16-12+. The lowest BCUT2D eigenvalue weighted by Crippen LogP contribution is -2.54. The zero-order valence-corrected chi connectivity index (χ0v) is 17.3. The predicted molar refractivity (Wildman–Crippen MR) is 120 cm³/mol. The fraction of sp³-hybridized carbons (Fsp3) is 0. The highest BCUT2D eigenvalue weighted by molar-refractivity contribution is 7.80. The van der Waals surface area contributed by atoms with Crippen molar-refractivity contribution in [3.63, 3.8) is 0 Å². The molecule has 10 heteroatoms. The molecule has 3 aromatic rings. The van der Waals surface area contributed by atoms with Crippen molar-refractivity contribution in [2.75, 3.05) is 4.90 Å². The Balaban J connectivity index is 1.73. The van der Waals surface area contributed by atoms with Crippen LogP contribution in [0.3, 0.4) is 0 Å². The molecule has 8 nitrogen and oxygen atoms in total. The molecular formula is C21H13ClN4O4S. The number of benzene rings is 2. The highest BCUT2D eigenvalue weighted by Gasteiger charge is 2.35. The molecule has 1 fully saturated rings. The number of thiocarbonyl (C=S) groups is 1. The number of hydrogen-bond donors (Lipinski definition) is 1. The van der Waals surface area contributed by atoms with Crippen LogP contribution in [0.4, 0.5) is 11.4 Å². The van der Waals surface area contributed by atoms with Gasteiger partial charge in [0.05, 0.1) is 15.6 Å². The van der Waals surface area contributed by atoms with E-state index in [9.17, 15) is 19.7 Å². The van der Waals surface area contributed by atoms with Crippen molar-refractivity contribution < 1.29 is 14.5 Å². The van der Waals surface area contributed by atoms with Gasteiger partial charge in [0.25, 0.3) is 17.5 Å². The Morgan fingerprint density at radius 1 is 1.03 bits per heavy atom. The Labute approximate surface area is 186 Å². The number of nitrogens with one attached hydrogen (secondary N) is 1. The van der Waals surface area contributed by atoms with Gasteiger partial charge in [0.1, 0.15) is 5.57 Å². The molecule has 2 amide bonds. The van der Waals surface area contributed by atoms with E-state index in [2.05, 4.69) is 5.32 Å². The van der Waals surface area contributed by atoms with E-state index in [0.29, 0.717) is 22.1 Å². The lowest BCUT2D eigenvalue weighted by molar-refractivity contribution is -0.384. The van der Waals surface area contributed by atoms with Crippen LogP contribution in [0.15, 0.2) is 72.4 Å². The number of anilines is 1. The van der Waals surface area contributed by atoms with E-state index in [1.807, 2.05) is 0 Å². The van der Waals surface area contributed by atoms with Gasteiger partial charge in [-0.05, 0) is 54.7 Å². The lowest BCUT2D eigenvalue weighted by atomic mass is 10.1. The first kappa shape index (κ1) is 20.5. The Morgan fingerprint density at radius 3 is 2.42 bits per heavy atom. The summed E-state index contributed by atoms with van der Waals surface area (Å²) in [5.74, 6) is -1.24. The molecule has 1 N–H and O–H groups in total. The molecule has 0 spiro atoms. The van der Waals surface area contributed by atoms with Gasteiger partial charge in [-0.2, -0.15) is 0 Å². The summed E-state index contributed by atoms with van der Waals surface area (Å²) in [4.78, 5) is 37.3. The number of non-ortho nitro benzene ring substituents is 1. The van der Waals surface area contributed by atoms with Crippen molar-refractivity contribution in [3.05, 3.63) is 93.3 Å². The number of halogens is 1. The van der Waals surface area contributed by atoms with Gasteiger partial charge in [-0.1, -0.05) is 23.7 Å². The van der Waals surface area contributed by atoms with Crippen molar-refractivity contribution in [1.29, 1.82) is 0 Å². The maximum atomic E-state index is 13.2. The molecule has 1 saturated heterocycles. The van der Waals surface area contributed by atoms with Gasteiger partial charge < -0.3 is 4.57 Å². The highest BCUT2D eigenvalue weighted by Crippen LogP contribution is 2.29. The third-order valence-electron chi connectivity index (χ3n) is 4.61. The lowest BCUT2D eigenvalue weighted by Gasteiger charge is -2.29. The first-order valence-electron chi connectivity index (χ1n) is 8.95. The van der Waals surface area contributed by atoms with Gasteiger partial charge in [0.15, 0.2) is 5.11 Å². The molecule has 154 valence electrons. The molecule has 1 aliphatic heterocycles. The normalized spacial score (nSPS) is 15.3. The molecule has 2 aromatic carbocycles. The molecule has 1 aromatic heterocycles. The first-order valence-corrected chi connectivity index (χ1v) is 9.73. The summed E-state index contributed by atoms with van der Waals surface area (Å²) in [5.41, 5.74) is 1.34. The quantitative estimate of drug-likeness (QED) is 0.213. The van der Waals surface area contributed by atoms with Crippen LogP contribution in [0, 0.1) is 10.1 Å². The minimum Gasteiger partial charge on any atom is -0.317 e. The Morgan fingerprint density at radius 2 is 1.74 bits per heavy atom. The molecular weight excluding hydrogens is 440 g/mol. The maximum Gasteiger partial charge on any atom is 0.270 e. The fourth-order valence-electron chi connectivity index (χ4n) is 3.14. The molecule has 2 heterocycles. The smallest absolute Gasteiger partial charge is 0.270 e. The molecule has 4 rings (SSSR count). The number of carbonyl (C=O) groups excluding carboxylic acids is 2. The van der Waals surface area contributed by atoms with E-state index in [1.165, 1.54) is 23.1 Å². The third-order valence-corrected chi connectivity index (χ3v) is 5.21. The van der Waals surface area contributed by atoms with Crippen LogP contribution in [0.5, 0.6) is 0 Å². The maximum absolute atomic E-state index is 13.2. The summed E-state index contributed by atoms with van der Waals surface area (Å²) in [6, 6.07) is 16.0. The van der Waals surface area contributed by atoms with Crippen LogP contribution in [-0.2, 0) is 9.59 Å². The van der Waals surface area contributed by atoms with E-state index in [-0.39, 0.29) is 16.4 Å². The molecule has 0 radical (unpaired) electrons. The Kier molecular flexibility index (Phi) is 5.37. The number of para-hydroxylation sites is 1. The molecule has 1 aliphatic rings. The molecule has 0 unspecified atom stereocenters. The second kappa shape index (κ2) is 8.13. The van der Waals surface area contributed by atoms with Gasteiger partial charge in [0.2, 0.25) is 0 Å². The predicted octanol–water partition coefficient (Wildman–Crippen LogP) is 3.87. The van der Waals surface area contributed by atoms with E-state index in [0.717, 1.165) is 0 Å². The van der Waals surface area contributed by atoms with Crippen molar-refractivity contribution in [2.24, 2.45) is 0 Å². The summed E-state index contributed by atoms with van der Waals surface area (Å²) < 4.78 is 1.70. The summed E-state index contributed by atoms with van der Waals surface area (Å²) >= 11 is 11.4. The van der Waals surface area contributed by atoms with Gasteiger partial charge in [-0.3, -0.25) is 29.9 Å². The van der Waals surface area contributed by atoms with Gasteiger partial charge in [0, 0.05) is 29.7 Å². The second-order valence-corrected chi connectivity index (χ2v) is 7.28. The van der Waals surface area contributed by atoms with E-state index >= 15 is 0 Å². The van der Waals surface area contributed by atoms with Crippen LogP contribution >= 0.6 is 23.8 Å². The molecule has 0 aliphatic carbocycles. The fourth-order valence-corrected chi connectivity index (χ4v) is 3.63. The zero-order chi connectivity index (χ0) is 22.1.